The lowest BCUT2D eigenvalue weighted by Crippen LogP contribution is -2.17. The van der Waals surface area contributed by atoms with E-state index in [1.165, 1.54) is 0 Å². The molecule has 2 heteroatoms. The third kappa shape index (κ3) is 1.96. The van der Waals surface area contributed by atoms with Crippen LogP contribution in [0.25, 0.3) is 0 Å². The van der Waals surface area contributed by atoms with Crippen molar-refractivity contribution in [3.63, 3.8) is 0 Å². The van der Waals surface area contributed by atoms with Gasteiger partial charge in [-0.15, -0.1) is 6.58 Å². The molecule has 1 aromatic carbocycles. The smallest absolute Gasteiger partial charge is 0.0881 e. The topological polar surface area (TPSA) is 29.5 Å². The highest BCUT2D eigenvalue weighted by Crippen LogP contribution is 2.38. The standard InChI is InChI=1S/C13H16O2/c1-2-10-9-15-13(12(10)8-14)11-6-4-3-5-7-11/h2-7,10,12-14H,1,8-9H2/t10-,12-,13+/m0/s1. The Kier molecular flexibility index (Phi) is 3.19. The minimum absolute atomic E-state index is 0.0131. The van der Waals surface area contributed by atoms with Crippen LogP contribution in [0.4, 0.5) is 0 Å². The second kappa shape index (κ2) is 4.60. The largest absolute Gasteiger partial charge is 0.396 e. The van der Waals surface area contributed by atoms with Gasteiger partial charge < -0.3 is 9.84 Å². The van der Waals surface area contributed by atoms with Crippen LogP contribution in [-0.4, -0.2) is 18.3 Å². The van der Waals surface area contributed by atoms with Crippen LogP contribution >= 0.6 is 0 Å². The fourth-order valence-electron chi connectivity index (χ4n) is 2.15. The van der Waals surface area contributed by atoms with Crippen molar-refractivity contribution in [1.82, 2.24) is 0 Å². The SMILES string of the molecule is C=C[C@H]1CO[C@H](c2ccccc2)[C@H]1CO. The Labute approximate surface area is 90.2 Å². The van der Waals surface area contributed by atoms with Crippen LogP contribution < -0.4 is 0 Å². The summed E-state index contributed by atoms with van der Waals surface area (Å²) in [5.74, 6) is 0.408. The van der Waals surface area contributed by atoms with E-state index in [4.69, 9.17) is 4.74 Å². The molecule has 0 radical (unpaired) electrons. The van der Waals surface area contributed by atoms with Gasteiger partial charge in [0.25, 0.3) is 0 Å². The number of ether oxygens (including phenoxy) is 1. The van der Waals surface area contributed by atoms with Gasteiger partial charge in [-0.1, -0.05) is 36.4 Å². The van der Waals surface area contributed by atoms with Crippen LogP contribution in [0.3, 0.4) is 0 Å². The van der Waals surface area contributed by atoms with Crippen molar-refractivity contribution in [3.8, 4) is 0 Å². The van der Waals surface area contributed by atoms with Crippen molar-refractivity contribution < 1.29 is 9.84 Å². The molecule has 2 nitrogen and oxygen atoms in total. The molecule has 0 amide bonds. The molecule has 0 unspecified atom stereocenters. The Morgan fingerprint density at radius 2 is 2.13 bits per heavy atom. The monoisotopic (exact) mass is 204 g/mol. The van der Waals surface area contributed by atoms with Gasteiger partial charge in [-0.2, -0.15) is 0 Å². The summed E-state index contributed by atoms with van der Waals surface area (Å²) in [6.07, 6.45) is 1.89. The number of aliphatic hydroxyl groups is 1. The van der Waals surface area contributed by atoms with Crippen molar-refractivity contribution >= 4 is 0 Å². The van der Waals surface area contributed by atoms with Gasteiger partial charge in [0.1, 0.15) is 0 Å². The van der Waals surface area contributed by atoms with Crippen LogP contribution in [-0.2, 0) is 4.74 Å². The molecule has 0 bridgehead atoms. The number of hydrogen-bond donors (Lipinski definition) is 1. The second-order valence-corrected chi connectivity index (χ2v) is 3.91. The van der Waals surface area contributed by atoms with Gasteiger partial charge in [0.2, 0.25) is 0 Å². The lowest BCUT2D eigenvalue weighted by atomic mass is 9.88. The van der Waals surface area contributed by atoms with Gasteiger partial charge >= 0.3 is 0 Å². The molecular weight excluding hydrogens is 188 g/mol. The Morgan fingerprint density at radius 1 is 1.40 bits per heavy atom. The first-order valence-corrected chi connectivity index (χ1v) is 5.26. The summed E-state index contributed by atoms with van der Waals surface area (Å²) < 4.78 is 5.71. The molecule has 1 aromatic rings. The van der Waals surface area contributed by atoms with Gasteiger partial charge in [0, 0.05) is 18.4 Å². The van der Waals surface area contributed by atoms with Crippen molar-refractivity contribution in [1.29, 1.82) is 0 Å². The highest BCUT2D eigenvalue weighted by Gasteiger charge is 2.35. The van der Waals surface area contributed by atoms with E-state index in [1.54, 1.807) is 0 Å². The van der Waals surface area contributed by atoms with E-state index in [9.17, 15) is 5.11 Å². The summed E-state index contributed by atoms with van der Waals surface area (Å²) in [6, 6.07) is 10.1. The van der Waals surface area contributed by atoms with Crippen LogP contribution in [0.5, 0.6) is 0 Å². The Balaban J connectivity index is 2.20. The molecule has 1 aliphatic heterocycles. The summed E-state index contributed by atoms with van der Waals surface area (Å²) in [7, 11) is 0. The zero-order chi connectivity index (χ0) is 10.7. The van der Waals surface area contributed by atoms with Crippen LogP contribution in [0.1, 0.15) is 11.7 Å². The van der Waals surface area contributed by atoms with Crippen LogP contribution in [0.15, 0.2) is 43.0 Å². The summed E-state index contributed by atoms with van der Waals surface area (Å²) >= 11 is 0. The minimum Gasteiger partial charge on any atom is -0.396 e. The molecule has 1 saturated heterocycles. The minimum atomic E-state index is 0.0131. The number of rotatable bonds is 3. The summed E-state index contributed by atoms with van der Waals surface area (Å²) in [4.78, 5) is 0. The first-order chi connectivity index (χ1) is 7.36. The van der Waals surface area contributed by atoms with E-state index in [2.05, 4.69) is 6.58 Å². The van der Waals surface area contributed by atoms with Crippen molar-refractivity contribution in [2.45, 2.75) is 6.10 Å². The van der Waals surface area contributed by atoms with Crippen molar-refractivity contribution in [2.75, 3.05) is 13.2 Å². The Morgan fingerprint density at radius 3 is 2.73 bits per heavy atom. The van der Waals surface area contributed by atoms with Gasteiger partial charge in [0.05, 0.1) is 12.7 Å². The van der Waals surface area contributed by atoms with Gasteiger partial charge in [0.15, 0.2) is 0 Å². The van der Waals surface area contributed by atoms with E-state index in [-0.39, 0.29) is 24.5 Å². The second-order valence-electron chi connectivity index (χ2n) is 3.91. The van der Waals surface area contributed by atoms with E-state index < -0.39 is 0 Å². The summed E-state index contributed by atoms with van der Waals surface area (Å²) in [5.41, 5.74) is 1.14. The summed E-state index contributed by atoms with van der Waals surface area (Å²) in [6.45, 7) is 4.59. The van der Waals surface area contributed by atoms with Gasteiger partial charge in [-0.25, -0.2) is 0 Å². The fourth-order valence-corrected chi connectivity index (χ4v) is 2.15. The van der Waals surface area contributed by atoms with E-state index in [0.717, 1.165) is 5.56 Å². The van der Waals surface area contributed by atoms with E-state index >= 15 is 0 Å². The number of benzene rings is 1. The van der Waals surface area contributed by atoms with Crippen molar-refractivity contribution in [2.24, 2.45) is 11.8 Å². The molecular formula is C13H16O2. The molecule has 1 aliphatic rings. The Hall–Kier alpha value is -1.12. The highest BCUT2D eigenvalue weighted by molar-refractivity contribution is 5.20. The molecule has 1 heterocycles. The van der Waals surface area contributed by atoms with E-state index in [0.29, 0.717) is 6.61 Å². The molecule has 80 valence electrons. The van der Waals surface area contributed by atoms with Gasteiger partial charge in [-0.05, 0) is 5.56 Å². The zero-order valence-corrected chi connectivity index (χ0v) is 8.67. The summed E-state index contributed by atoms with van der Waals surface area (Å²) in [5, 5.41) is 9.37. The van der Waals surface area contributed by atoms with Crippen LogP contribution in [0.2, 0.25) is 0 Å². The van der Waals surface area contributed by atoms with E-state index in [1.807, 2.05) is 36.4 Å². The van der Waals surface area contributed by atoms with Crippen molar-refractivity contribution in [3.05, 3.63) is 48.6 Å². The predicted molar refractivity (Wildman–Crippen MR) is 59.4 cm³/mol. The molecule has 0 aromatic heterocycles. The molecule has 15 heavy (non-hydrogen) atoms. The molecule has 0 aliphatic carbocycles. The highest BCUT2D eigenvalue weighted by atomic mass is 16.5. The molecule has 1 fully saturated rings. The molecule has 2 rings (SSSR count). The maximum atomic E-state index is 9.37. The molecule has 1 N–H and O–H groups in total. The Bertz CT molecular complexity index is 321. The number of aliphatic hydroxyl groups excluding tert-OH is 1. The zero-order valence-electron chi connectivity index (χ0n) is 8.67. The predicted octanol–water partition coefficient (Wildman–Crippen LogP) is 2.17. The van der Waals surface area contributed by atoms with Crippen LogP contribution in [0, 0.1) is 11.8 Å². The molecule has 0 saturated carbocycles. The lowest BCUT2D eigenvalue weighted by Gasteiger charge is -2.18. The maximum Gasteiger partial charge on any atom is 0.0881 e. The third-order valence-electron chi connectivity index (χ3n) is 3.05. The number of hydrogen-bond acceptors (Lipinski definition) is 2. The lowest BCUT2D eigenvalue weighted by molar-refractivity contribution is 0.0720. The average Bonchev–Trinajstić information content (AvgIpc) is 2.72. The fraction of sp³-hybridized carbons (Fsp3) is 0.385. The molecule has 0 spiro atoms. The normalized spacial score (nSPS) is 30.3. The third-order valence-corrected chi connectivity index (χ3v) is 3.05. The quantitative estimate of drug-likeness (QED) is 0.765. The first-order valence-electron chi connectivity index (χ1n) is 5.26. The first kappa shape index (κ1) is 10.4. The maximum absolute atomic E-state index is 9.37. The molecule has 3 atom stereocenters. The van der Waals surface area contributed by atoms with Gasteiger partial charge in [-0.3, -0.25) is 0 Å². The average molecular weight is 204 g/mol.